The van der Waals surface area contributed by atoms with E-state index in [1.165, 1.54) is 22.2 Å². The minimum absolute atomic E-state index is 0.630. The van der Waals surface area contributed by atoms with Crippen LogP contribution in [0.2, 0.25) is 0 Å². The lowest BCUT2D eigenvalue weighted by molar-refractivity contribution is 0.338. The predicted molar refractivity (Wildman–Crippen MR) is 77.3 cm³/mol. The van der Waals surface area contributed by atoms with Gasteiger partial charge in [0.15, 0.2) is 0 Å². The molecule has 0 aromatic carbocycles. The summed E-state index contributed by atoms with van der Waals surface area (Å²) in [6.45, 7) is 7.85. The molecule has 1 N–H and O–H groups in total. The fraction of sp³-hybridized carbons (Fsp3) is 0.692. The predicted octanol–water partition coefficient (Wildman–Crippen LogP) is 4.47. The highest BCUT2D eigenvalue weighted by molar-refractivity contribution is 9.10. The lowest BCUT2D eigenvalue weighted by Crippen LogP contribution is -2.37. The molecule has 1 aromatic rings. The Kier molecular flexibility index (Phi) is 6.62. The van der Waals surface area contributed by atoms with Crippen molar-refractivity contribution in [2.45, 2.75) is 46.1 Å². The molecule has 3 heteroatoms. The van der Waals surface area contributed by atoms with Crippen LogP contribution in [0.1, 0.15) is 38.5 Å². The Balaban J connectivity index is 2.63. The highest BCUT2D eigenvalue weighted by atomic mass is 79.9. The Bertz CT molecular complexity index is 294. The minimum atomic E-state index is 0.630. The van der Waals surface area contributed by atoms with Crippen molar-refractivity contribution in [3.63, 3.8) is 0 Å². The van der Waals surface area contributed by atoms with Gasteiger partial charge in [-0.2, -0.15) is 0 Å². The maximum absolute atomic E-state index is 3.63. The summed E-state index contributed by atoms with van der Waals surface area (Å²) in [4.78, 5) is 1.48. The maximum Gasteiger partial charge on any atom is 0.0285 e. The third-order valence-corrected chi connectivity index (χ3v) is 4.85. The van der Waals surface area contributed by atoms with Gasteiger partial charge in [-0.15, -0.1) is 11.3 Å². The maximum atomic E-state index is 3.63. The summed E-state index contributed by atoms with van der Waals surface area (Å²) in [5, 5.41) is 5.81. The van der Waals surface area contributed by atoms with Crippen molar-refractivity contribution < 1.29 is 0 Å². The van der Waals surface area contributed by atoms with E-state index in [1.807, 2.05) is 11.3 Å². The average molecular weight is 304 g/mol. The second-order valence-electron chi connectivity index (χ2n) is 4.18. The molecule has 0 aliphatic rings. The minimum Gasteiger partial charge on any atom is -0.314 e. The molecule has 0 saturated carbocycles. The fourth-order valence-electron chi connectivity index (χ4n) is 2.20. The zero-order chi connectivity index (χ0) is 12.0. The molecule has 0 saturated heterocycles. The Morgan fingerprint density at radius 3 is 2.44 bits per heavy atom. The molecular formula is C13H22BrNS. The van der Waals surface area contributed by atoms with Crippen molar-refractivity contribution in [1.82, 2.24) is 5.32 Å². The van der Waals surface area contributed by atoms with Crippen molar-refractivity contribution in [3.8, 4) is 0 Å². The molecule has 1 unspecified atom stereocenters. The van der Waals surface area contributed by atoms with Gasteiger partial charge >= 0.3 is 0 Å². The van der Waals surface area contributed by atoms with Crippen molar-refractivity contribution in [2.75, 3.05) is 6.54 Å². The van der Waals surface area contributed by atoms with E-state index in [4.69, 9.17) is 0 Å². The van der Waals surface area contributed by atoms with Crippen molar-refractivity contribution >= 4 is 27.3 Å². The summed E-state index contributed by atoms with van der Waals surface area (Å²) in [7, 11) is 0. The van der Waals surface area contributed by atoms with Crippen LogP contribution >= 0.6 is 27.3 Å². The monoisotopic (exact) mass is 303 g/mol. The number of nitrogens with one attached hydrogen (secondary N) is 1. The van der Waals surface area contributed by atoms with Gasteiger partial charge in [0.25, 0.3) is 0 Å². The van der Waals surface area contributed by atoms with E-state index in [0.29, 0.717) is 6.04 Å². The first-order chi connectivity index (χ1) is 7.71. The Labute approximate surface area is 112 Å². The molecule has 1 rings (SSSR count). The molecular weight excluding hydrogens is 282 g/mol. The Morgan fingerprint density at radius 1 is 1.31 bits per heavy atom. The normalized spacial score (nSPS) is 13.3. The molecule has 1 nitrogen and oxygen atoms in total. The number of rotatable bonds is 7. The quantitative estimate of drug-likeness (QED) is 0.784. The van der Waals surface area contributed by atoms with Gasteiger partial charge in [0.1, 0.15) is 0 Å². The number of likely N-dealkylation sites (N-methyl/N-ethyl adjacent to an activating group) is 1. The number of thiophene rings is 1. The van der Waals surface area contributed by atoms with Crippen LogP contribution in [0.5, 0.6) is 0 Å². The van der Waals surface area contributed by atoms with Crippen LogP contribution in [0, 0.1) is 5.92 Å². The van der Waals surface area contributed by atoms with Gasteiger partial charge in [0.05, 0.1) is 0 Å². The smallest absolute Gasteiger partial charge is 0.0285 e. The summed E-state index contributed by atoms with van der Waals surface area (Å²) in [6, 6.07) is 2.88. The number of halogens is 1. The fourth-order valence-corrected chi connectivity index (χ4v) is 3.71. The number of hydrogen-bond acceptors (Lipinski definition) is 2. The molecule has 0 radical (unpaired) electrons. The van der Waals surface area contributed by atoms with Gasteiger partial charge in [-0.25, -0.2) is 0 Å². The first-order valence-electron chi connectivity index (χ1n) is 6.17. The van der Waals surface area contributed by atoms with Crippen LogP contribution in [0.15, 0.2) is 15.9 Å². The van der Waals surface area contributed by atoms with Crippen LogP contribution in [-0.4, -0.2) is 12.6 Å². The Morgan fingerprint density at radius 2 is 2.00 bits per heavy atom. The van der Waals surface area contributed by atoms with Crippen LogP contribution in [0.25, 0.3) is 0 Å². The van der Waals surface area contributed by atoms with Gasteiger partial charge in [-0.3, -0.25) is 0 Å². The third kappa shape index (κ3) is 4.19. The summed E-state index contributed by atoms with van der Waals surface area (Å²) in [6.07, 6.45) is 3.69. The molecule has 1 aromatic heterocycles. The molecule has 0 aliphatic carbocycles. The van der Waals surface area contributed by atoms with Crippen molar-refractivity contribution in [3.05, 3.63) is 20.8 Å². The van der Waals surface area contributed by atoms with E-state index in [-0.39, 0.29) is 0 Å². The van der Waals surface area contributed by atoms with Gasteiger partial charge in [-0.1, -0.05) is 33.6 Å². The van der Waals surface area contributed by atoms with Crippen molar-refractivity contribution in [1.29, 1.82) is 0 Å². The summed E-state index contributed by atoms with van der Waals surface area (Å²) >= 11 is 5.38. The largest absolute Gasteiger partial charge is 0.314 e. The van der Waals surface area contributed by atoms with E-state index in [1.54, 1.807) is 0 Å². The van der Waals surface area contributed by atoms with Crippen LogP contribution < -0.4 is 5.32 Å². The molecule has 16 heavy (non-hydrogen) atoms. The van der Waals surface area contributed by atoms with Crippen LogP contribution in [-0.2, 0) is 6.42 Å². The second-order valence-corrected chi connectivity index (χ2v) is 6.09. The van der Waals surface area contributed by atoms with E-state index in [2.05, 4.69) is 53.5 Å². The van der Waals surface area contributed by atoms with Gasteiger partial charge in [0, 0.05) is 20.8 Å². The molecule has 0 aliphatic heterocycles. The van der Waals surface area contributed by atoms with Gasteiger partial charge in [0.2, 0.25) is 0 Å². The molecule has 0 bridgehead atoms. The molecule has 92 valence electrons. The zero-order valence-corrected chi connectivity index (χ0v) is 12.8. The highest BCUT2D eigenvalue weighted by Gasteiger charge is 2.18. The molecule has 1 atom stereocenters. The van der Waals surface area contributed by atoms with Crippen LogP contribution in [0.3, 0.4) is 0 Å². The van der Waals surface area contributed by atoms with E-state index in [9.17, 15) is 0 Å². The third-order valence-electron chi connectivity index (χ3n) is 3.13. The molecule has 0 amide bonds. The summed E-state index contributed by atoms with van der Waals surface area (Å²) in [5.41, 5.74) is 0. The van der Waals surface area contributed by atoms with Crippen LogP contribution in [0.4, 0.5) is 0 Å². The molecule has 0 spiro atoms. The lowest BCUT2D eigenvalue weighted by Gasteiger charge is -2.25. The highest BCUT2D eigenvalue weighted by Crippen LogP contribution is 2.24. The van der Waals surface area contributed by atoms with Crippen molar-refractivity contribution in [2.24, 2.45) is 5.92 Å². The summed E-state index contributed by atoms with van der Waals surface area (Å²) < 4.78 is 1.22. The van der Waals surface area contributed by atoms with Gasteiger partial charge < -0.3 is 5.32 Å². The molecule has 0 fully saturated rings. The summed E-state index contributed by atoms with van der Waals surface area (Å²) in [5.74, 6) is 0.792. The molecule has 1 heterocycles. The van der Waals surface area contributed by atoms with Gasteiger partial charge in [-0.05, 0) is 40.9 Å². The van der Waals surface area contributed by atoms with E-state index in [0.717, 1.165) is 18.9 Å². The van der Waals surface area contributed by atoms with E-state index < -0.39 is 0 Å². The Hall–Kier alpha value is 0.140. The first-order valence-corrected chi connectivity index (χ1v) is 7.84. The standard InChI is InChI=1S/C13H22BrNS/c1-4-10(5-2)13(15-6-3)8-12-7-11(14)9-16-12/h7,9-10,13,15H,4-6,8H2,1-3H3. The topological polar surface area (TPSA) is 12.0 Å². The second kappa shape index (κ2) is 7.46. The zero-order valence-electron chi connectivity index (χ0n) is 10.4. The SMILES string of the molecule is CCNC(Cc1cc(Br)cs1)C(CC)CC. The first kappa shape index (κ1) is 14.2. The lowest BCUT2D eigenvalue weighted by atomic mass is 9.91. The average Bonchev–Trinajstić information content (AvgIpc) is 2.66. The van der Waals surface area contributed by atoms with E-state index >= 15 is 0 Å². The number of hydrogen-bond donors (Lipinski definition) is 1.